The third kappa shape index (κ3) is 3.51. The van der Waals surface area contributed by atoms with Gasteiger partial charge in [-0.1, -0.05) is 19.9 Å². The second-order valence-corrected chi connectivity index (χ2v) is 6.05. The Balaban J connectivity index is 2.12. The first kappa shape index (κ1) is 15.3. The molecule has 2 N–H and O–H groups in total. The number of para-hydroxylation sites is 1. The molecule has 5 nitrogen and oxygen atoms in total. The average molecular weight is 294 g/mol. The summed E-state index contributed by atoms with van der Waals surface area (Å²) in [6, 6.07) is 3.23. The Morgan fingerprint density at radius 2 is 1.90 bits per heavy atom. The normalized spacial score (nSPS) is 17.4. The van der Waals surface area contributed by atoms with Crippen LogP contribution in [0.5, 0.6) is 0 Å². The zero-order chi connectivity index (χ0) is 15.6. The molecule has 1 aliphatic rings. The summed E-state index contributed by atoms with van der Waals surface area (Å²) in [5, 5.41) is 11.4. The van der Waals surface area contributed by atoms with Crippen molar-refractivity contribution in [1.29, 1.82) is 0 Å². The van der Waals surface area contributed by atoms with Gasteiger partial charge in [0.05, 0.1) is 11.3 Å². The third-order valence-electron chi connectivity index (χ3n) is 3.88. The van der Waals surface area contributed by atoms with Crippen molar-refractivity contribution >= 4 is 17.7 Å². The minimum atomic E-state index is -1.27. The number of carbonyl (C=O) groups excluding carboxylic acids is 1. The number of rotatable bonds is 2. The highest BCUT2D eigenvalue weighted by Gasteiger charge is 2.28. The van der Waals surface area contributed by atoms with Crippen LogP contribution in [-0.4, -0.2) is 35.1 Å². The summed E-state index contributed by atoms with van der Waals surface area (Å²) in [6.45, 7) is 5.44. The highest BCUT2D eigenvalue weighted by atomic mass is 19.1. The van der Waals surface area contributed by atoms with Crippen molar-refractivity contribution in [3.63, 3.8) is 0 Å². The van der Waals surface area contributed by atoms with Crippen LogP contribution >= 0.6 is 0 Å². The van der Waals surface area contributed by atoms with Crippen LogP contribution in [0.2, 0.25) is 0 Å². The molecular formula is C15H19FN2O3. The van der Waals surface area contributed by atoms with E-state index in [2.05, 4.69) is 19.2 Å². The quantitative estimate of drug-likeness (QED) is 0.880. The first-order valence-electron chi connectivity index (χ1n) is 6.88. The molecule has 0 aliphatic carbocycles. The fourth-order valence-electron chi connectivity index (χ4n) is 2.33. The molecule has 1 saturated heterocycles. The fourth-order valence-corrected chi connectivity index (χ4v) is 2.33. The van der Waals surface area contributed by atoms with Gasteiger partial charge < -0.3 is 15.3 Å². The van der Waals surface area contributed by atoms with Crippen LogP contribution in [0, 0.1) is 11.2 Å². The Hall–Kier alpha value is -2.11. The summed E-state index contributed by atoms with van der Waals surface area (Å²) in [4.78, 5) is 24.8. The van der Waals surface area contributed by atoms with Crippen LogP contribution in [0.3, 0.4) is 0 Å². The minimum absolute atomic E-state index is 0.195. The molecule has 0 saturated carbocycles. The number of hydrogen-bond donors (Lipinski definition) is 2. The van der Waals surface area contributed by atoms with Crippen LogP contribution in [0.25, 0.3) is 0 Å². The highest BCUT2D eigenvalue weighted by molar-refractivity contribution is 6.00. The van der Waals surface area contributed by atoms with Gasteiger partial charge in [-0.2, -0.15) is 0 Å². The van der Waals surface area contributed by atoms with Crippen molar-refractivity contribution in [2.24, 2.45) is 5.41 Å². The first-order chi connectivity index (χ1) is 9.80. The number of carbonyl (C=O) groups is 2. The summed E-state index contributed by atoms with van der Waals surface area (Å²) >= 11 is 0. The maximum Gasteiger partial charge on any atom is 0.337 e. The second-order valence-electron chi connectivity index (χ2n) is 6.05. The van der Waals surface area contributed by atoms with Crippen LogP contribution in [0.15, 0.2) is 18.2 Å². The molecule has 0 radical (unpaired) electrons. The van der Waals surface area contributed by atoms with Crippen LogP contribution in [-0.2, 0) is 0 Å². The number of hydrogen-bond acceptors (Lipinski definition) is 2. The van der Waals surface area contributed by atoms with Gasteiger partial charge in [0.25, 0.3) is 0 Å². The van der Waals surface area contributed by atoms with Gasteiger partial charge in [0.1, 0.15) is 5.82 Å². The maximum atomic E-state index is 13.8. The highest BCUT2D eigenvalue weighted by Crippen LogP contribution is 2.30. The Kier molecular flexibility index (Phi) is 4.16. The Morgan fingerprint density at radius 1 is 1.29 bits per heavy atom. The lowest BCUT2D eigenvalue weighted by Crippen LogP contribution is -2.43. The molecule has 0 unspecified atom stereocenters. The van der Waals surface area contributed by atoms with E-state index < -0.39 is 17.8 Å². The summed E-state index contributed by atoms with van der Waals surface area (Å²) in [6.07, 6.45) is 1.73. The Morgan fingerprint density at radius 3 is 2.48 bits per heavy atom. The van der Waals surface area contributed by atoms with Crippen molar-refractivity contribution < 1.29 is 19.1 Å². The lowest BCUT2D eigenvalue weighted by molar-refractivity contribution is 0.0697. The van der Waals surface area contributed by atoms with Crippen molar-refractivity contribution in [3.05, 3.63) is 29.6 Å². The number of halogens is 1. The van der Waals surface area contributed by atoms with Crippen LogP contribution in [0.4, 0.5) is 14.9 Å². The molecule has 114 valence electrons. The van der Waals surface area contributed by atoms with Gasteiger partial charge in [-0.05, 0) is 30.4 Å². The van der Waals surface area contributed by atoms with E-state index in [1.165, 1.54) is 12.1 Å². The molecule has 0 spiro atoms. The van der Waals surface area contributed by atoms with Gasteiger partial charge in [-0.15, -0.1) is 0 Å². The molecule has 0 aromatic heterocycles. The Labute approximate surface area is 122 Å². The monoisotopic (exact) mass is 294 g/mol. The molecule has 2 rings (SSSR count). The smallest absolute Gasteiger partial charge is 0.337 e. The van der Waals surface area contributed by atoms with Crippen molar-refractivity contribution in [2.45, 2.75) is 26.7 Å². The standard InChI is InChI=1S/C15H19FN2O3/c1-15(2)6-8-18(9-7-15)14(21)17-12-10(13(19)20)4-3-5-11(12)16/h3-5H,6-9H2,1-2H3,(H,17,21)(H,19,20). The van der Waals surface area contributed by atoms with E-state index in [-0.39, 0.29) is 16.7 Å². The molecule has 1 fully saturated rings. The number of nitrogens with one attached hydrogen (secondary N) is 1. The fraction of sp³-hybridized carbons (Fsp3) is 0.467. The summed E-state index contributed by atoms with van der Waals surface area (Å²) < 4.78 is 13.8. The number of carboxylic acid groups (broad SMARTS) is 1. The van der Waals surface area contributed by atoms with E-state index in [1.807, 2.05) is 0 Å². The van der Waals surface area contributed by atoms with Crippen LogP contribution < -0.4 is 5.32 Å². The van der Waals surface area contributed by atoms with E-state index >= 15 is 0 Å². The summed E-state index contributed by atoms with van der Waals surface area (Å²) in [7, 11) is 0. The maximum absolute atomic E-state index is 13.8. The van der Waals surface area contributed by atoms with Gasteiger partial charge >= 0.3 is 12.0 Å². The predicted octanol–water partition coefficient (Wildman–Crippen LogP) is 3.18. The molecule has 1 aliphatic heterocycles. The number of likely N-dealkylation sites (tertiary alicyclic amines) is 1. The molecule has 21 heavy (non-hydrogen) atoms. The summed E-state index contributed by atoms with van der Waals surface area (Å²) in [5.41, 5.74) is -0.332. The number of anilines is 1. The minimum Gasteiger partial charge on any atom is -0.478 e. The molecule has 1 aromatic rings. The third-order valence-corrected chi connectivity index (χ3v) is 3.88. The van der Waals surface area contributed by atoms with Crippen LogP contribution in [0.1, 0.15) is 37.0 Å². The Bertz CT molecular complexity index is 562. The number of nitrogens with zero attached hydrogens (tertiary/aromatic N) is 1. The van der Waals surface area contributed by atoms with Gasteiger partial charge in [0.2, 0.25) is 0 Å². The predicted molar refractivity (Wildman–Crippen MR) is 77.0 cm³/mol. The van der Waals surface area contributed by atoms with E-state index in [0.717, 1.165) is 18.9 Å². The molecule has 1 heterocycles. The SMILES string of the molecule is CC1(C)CCN(C(=O)Nc2c(F)cccc2C(=O)O)CC1. The van der Waals surface area contributed by atoms with E-state index in [9.17, 15) is 14.0 Å². The number of urea groups is 1. The first-order valence-corrected chi connectivity index (χ1v) is 6.88. The van der Waals surface area contributed by atoms with E-state index in [1.54, 1.807) is 4.90 Å². The molecule has 0 atom stereocenters. The number of benzene rings is 1. The summed E-state index contributed by atoms with van der Waals surface area (Å²) in [5.74, 6) is -2.02. The number of aromatic carboxylic acids is 1. The lowest BCUT2D eigenvalue weighted by atomic mass is 9.83. The average Bonchev–Trinajstić information content (AvgIpc) is 2.40. The topological polar surface area (TPSA) is 69.6 Å². The number of amides is 2. The van der Waals surface area contributed by atoms with Gasteiger partial charge in [0.15, 0.2) is 0 Å². The lowest BCUT2D eigenvalue weighted by Gasteiger charge is -2.36. The molecule has 1 aromatic carbocycles. The molecule has 6 heteroatoms. The van der Waals surface area contributed by atoms with Gasteiger partial charge in [0, 0.05) is 13.1 Å². The number of carboxylic acids is 1. The van der Waals surface area contributed by atoms with Crippen molar-refractivity contribution in [3.8, 4) is 0 Å². The van der Waals surface area contributed by atoms with Crippen molar-refractivity contribution in [2.75, 3.05) is 18.4 Å². The molecule has 2 amide bonds. The van der Waals surface area contributed by atoms with E-state index in [4.69, 9.17) is 5.11 Å². The zero-order valence-corrected chi connectivity index (χ0v) is 12.1. The second kappa shape index (κ2) is 5.71. The van der Waals surface area contributed by atoms with Gasteiger partial charge in [-0.3, -0.25) is 0 Å². The van der Waals surface area contributed by atoms with Gasteiger partial charge in [-0.25, -0.2) is 14.0 Å². The van der Waals surface area contributed by atoms with E-state index in [0.29, 0.717) is 13.1 Å². The number of piperidine rings is 1. The zero-order valence-electron chi connectivity index (χ0n) is 12.1. The van der Waals surface area contributed by atoms with Crippen molar-refractivity contribution in [1.82, 2.24) is 4.90 Å². The molecule has 0 bridgehead atoms. The molecular weight excluding hydrogens is 275 g/mol. The largest absolute Gasteiger partial charge is 0.478 e.